The van der Waals surface area contributed by atoms with Gasteiger partial charge < -0.3 is 4.90 Å². The van der Waals surface area contributed by atoms with E-state index in [1.807, 2.05) is 0 Å². The normalized spacial score (nSPS) is 16.9. The van der Waals surface area contributed by atoms with Crippen molar-refractivity contribution in [3.63, 3.8) is 0 Å². The average molecular weight is 292 g/mol. The Labute approximate surface area is 111 Å². The third-order valence-electron chi connectivity index (χ3n) is 2.83. The van der Waals surface area contributed by atoms with Crippen LogP contribution in [-0.2, 0) is 15.8 Å². The molecule has 1 saturated heterocycles. The van der Waals surface area contributed by atoms with Crippen molar-refractivity contribution in [3.05, 3.63) is 28.8 Å². The largest absolute Gasteiger partial charge is 0.416 e. The minimum Gasteiger partial charge on any atom is -0.310 e. The van der Waals surface area contributed by atoms with Crippen molar-refractivity contribution in [1.82, 2.24) is 0 Å². The van der Waals surface area contributed by atoms with Crippen molar-refractivity contribution in [1.29, 1.82) is 0 Å². The first-order valence-electron chi connectivity index (χ1n) is 5.48. The van der Waals surface area contributed by atoms with Gasteiger partial charge in [-0.1, -0.05) is 11.6 Å². The molecule has 1 amide bonds. The Morgan fingerprint density at radius 1 is 1.21 bits per heavy atom. The minimum atomic E-state index is -4.51. The summed E-state index contributed by atoms with van der Waals surface area (Å²) in [4.78, 5) is 23.9. The van der Waals surface area contributed by atoms with Gasteiger partial charge in [-0.25, -0.2) is 0 Å². The number of carbonyl (C=O) groups is 2. The SMILES string of the molecule is O=C1CCN(c2cc(C(F)(F)F)ccc2Cl)C(=O)C1. The van der Waals surface area contributed by atoms with Crippen LogP contribution in [-0.4, -0.2) is 18.2 Å². The molecule has 1 heterocycles. The Morgan fingerprint density at radius 2 is 1.89 bits per heavy atom. The second-order valence-electron chi connectivity index (χ2n) is 4.17. The lowest BCUT2D eigenvalue weighted by atomic mass is 10.1. The fourth-order valence-electron chi connectivity index (χ4n) is 1.86. The van der Waals surface area contributed by atoms with Crippen molar-refractivity contribution in [3.8, 4) is 0 Å². The zero-order valence-electron chi connectivity index (χ0n) is 9.63. The Bertz CT molecular complexity index is 542. The zero-order chi connectivity index (χ0) is 14.2. The lowest BCUT2D eigenvalue weighted by Crippen LogP contribution is -2.39. The van der Waals surface area contributed by atoms with E-state index < -0.39 is 17.6 Å². The first kappa shape index (κ1) is 13.9. The smallest absolute Gasteiger partial charge is 0.310 e. The molecule has 2 rings (SSSR count). The molecule has 1 fully saturated rings. The number of hydrogen-bond acceptors (Lipinski definition) is 2. The highest BCUT2D eigenvalue weighted by Gasteiger charge is 2.33. The van der Waals surface area contributed by atoms with Gasteiger partial charge in [-0.2, -0.15) is 13.2 Å². The molecule has 0 aliphatic carbocycles. The van der Waals surface area contributed by atoms with Gasteiger partial charge in [0.1, 0.15) is 5.78 Å². The summed E-state index contributed by atoms with van der Waals surface area (Å²) in [6.07, 6.45) is -4.68. The van der Waals surface area contributed by atoms with Gasteiger partial charge in [0, 0.05) is 13.0 Å². The van der Waals surface area contributed by atoms with E-state index in [1.54, 1.807) is 0 Å². The van der Waals surface area contributed by atoms with E-state index in [0.717, 1.165) is 23.1 Å². The van der Waals surface area contributed by atoms with E-state index in [4.69, 9.17) is 11.6 Å². The van der Waals surface area contributed by atoms with E-state index in [2.05, 4.69) is 0 Å². The van der Waals surface area contributed by atoms with E-state index >= 15 is 0 Å². The molecule has 102 valence electrons. The number of benzene rings is 1. The van der Waals surface area contributed by atoms with Crippen molar-refractivity contribution >= 4 is 29.0 Å². The standard InChI is InChI=1S/C12H9ClF3NO2/c13-9-2-1-7(12(14,15)16)5-10(9)17-4-3-8(18)6-11(17)19/h1-2,5H,3-4,6H2. The van der Waals surface area contributed by atoms with Crippen molar-refractivity contribution in [2.75, 3.05) is 11.4 Å². The van der Waals surface area contributed by atoms with Crippen LogP contribution in [0.15, 0.2) is 18.2 Å². The molecule has 0 radical (unpaired) electrons. The number of nitrogens with zero attached hydrogens (tertiary/aromatic N) is 1. The van der Waals surface area contributed by atoms with Crippen LogP contribution in [0.4, 0.5) is 18.9 Å². The molecule has 0 saturated carbocycles. The summed E-state index contributed by atoms with van der Waals surface area (Å²) >= 11 is 5.84. The number of hydrogen-bond donors (Lipinski definition) is 0. The summed E-state index contributed by atoms with van der Waals surface area (Å²) < 4.78 is 37.9. The van der Waals surface area contributed by atoms with Gasteiger partial charge in [0.05, 0.1) is 22.7 Å². The van der Waals surface area contributed by atoms with Crippen LogP contribution < -0.4 is 4.90 Å². The van der Waals surface area contributed by atoms with Gasteiger partial charge >= 0.3 is 6.18 Å². The average Bonchev–Trinajstić information content (AvgIpc) is 2.29. The second kappa shape index (κ2) is 4.85. The Morgan fingerprint density at radius 3 is 2.47 bits per heavy atom. The van der Waals surface area contributed by atoms with Crippen LogP contribution in [0.3, 0.4) is 0 Å². The highest BCUT2D eigenvalue weighted by atomic mass is 35.5. The quantitative estimate of drug-likeness (QED) is 0.746. The summed E-state index contributed by atoms with van der Waals surface area (Å²) in [7, 11) is 0. The molecular formula is C12H9ClF3NO2. The van der Waals surface area contributed by atoms with Crippen molar-refractivity contribution in [2.45, 2.75) is 19.0 Å². The van der Waals surface area contributed by atoms with Gasteiger partial charge in [0.15, 0.2) is 0 Å². The monoisotopic (exact) mass is 291 g/mol. The molecule has 0 unspecified atom stereocenters. The molecule has 1 aromatic rings. The highest BCUT2D eigenvalue weighted by molar-refractivity contribution is 6.34. The van der Waals surface area contributed by atoms with Gasteiger partial charge in [-0.3, -0.25) is 9.59 Å². The lowest BCUT2D eigenvalue weighted by molar-refractivity contribution is -0.137. The lowest BCUT2D eigenvalue weighted by Gasteiger charge is -2.27. The third kappa shape index (κ3) is 2.89. The minimum absolute atomic E-state index is 0.00556. The number of carbonyl (C=O) groups excluding carboxylic acids is 2. The van der Waals surface area contributed by atoms with E-state index in [1.165, 1.54) is 0 Å². The number of ketones is 1. The maximum Gasteiger partial charge on any atom is 0.416 e. The molecule has 7 heteroatoms. The maximum atomic E-state index is 12.6. The fourth-order valence-corrected chi connectivity index (χ4v) is 2.08. The van der Waals surface area contributed by atoms with Crippen LogP contribution in [0, 0.1) is 0 Å². The fraction of sp³-hybridized carbons (Fsp3) is 0.333. The molecule has 3 nitrogen and oxygen atoms in total. The number of piperidine rings is 1. The molecule has 0 atom stereocenters. The molecule has 1 aromatic carbocycles. The summed E-state index contributed by atoms with van der Waals surface area (Å²) in [5.41, 5.74) is -0.884. The molecule has 1 aliphatic rings. The van der Waals surface area contributed by atoms with E-state index in [0.29, 0.717) is 0 Å². The first-order chi connectivity index (χ1) is 8.79. The van der Waals surface area contributed by atoms with Crippen LogP contribution in [0.25, 0.3) is 0 Å². The predicted octanol–water partition coefficient (Wildman–Crippen LogP) is 3.05. The Hall–Kier alpha value is -1.56. The Kier molecular flexibility index (Phi) is 3.54. The molecule has 0 spiro atoms. The second-order valence-corrected chi connectivity index (χ2v) is 4.58. The van der Waals surface area contributed by atoms with Gasteiger partial charge in [0.2, 0.25) is 5.91 Å². The number of amides is 1. The zero-order valence-corrected chi connectivity index (χ0v) is 10.4. The predicted molar refractivity (Wildman–Crippen MR) is 63.0 cm³/mol. The molecule has 0 aromatic heterocycles. The molecule has 0 N–H and O–H groups in total. The summed E-state index contributed by atoms with van der Waals surface area (Å²) in [6, 6.07) is 2.78. The van der Waals surface area contributed by atoms with Crippen LogP contribution in [0.2, 0.25) is 5.02 Å². The summed E-state index contributed by atoms with van der Waals surface area (Å²) in [6.45, 7) is 0.0543. The molecular weight excluding hydrogens is 283 g/mol. The number of Topliss-reactive ketones (excluding diaryl/α,β-unsaturated/α-hetero) is 1. The van der Waals surface area contributed by atoms with Crippen LogP contribution in [0.5, 0.6) is 0 Å². The Balaban J connectivity index is 2.39. The highest BCUT2D eigenvalue weighted by Crippen LogP contribution is 2.36. The van der Waals surface area contributed by atoms with Crippen molar-refractivity contribution < 1.29 is 22.8 Å². The molecule has 0 bridgehead atoms. The first-order valence-corrected chi connectivity index (χ1v) is 5.85. The third-order valence-corrected chi connectivity index (χ3v) is 3.15. The molecule has 19 heavy (non-hydrogen) atoms. The number of alkyl halides is 3. The van der Waals surface area contributed by atoms with Gasteiger partial charge in [-0.15, -0.1) is 0 Å². The number of halogens is 4. The van der Waals surface area contributed by atoms with Crippen LogP contribution >= 0.6 is 11.6 Å². The molecule has 1 aliphatic heterocycles. The maximum absolute atomic E-state index is 12.6. The van der Waals surface area contributed by atoms with E-state index in [9.17, 15) is 22.8 Å². The van der Waals surface area contributed by atoms with Crippen LogP contribution in [0.1, 0.15) is 18.4 Å². The van der Waals surface area contributed by atoms with Gasteiger partial charge in [-0.05, 0) is 18.2 Å². The van der Waals surface area contributed by atoms with E-state index in [-0.39, 0.29) is 35.9 Å². The van der Waals surface area contributed by atoms with Gasteiger partial charge in [0.25, 0.3) is 0 Å². The summed E-state index contributed by atoms with van der Waals surface area (Å²) in [5.74, 6) is -0.748. The number of rotatable bonds is 1. The van der Waals surface area contributed by atoms with Crippen molar-refractivity contribution in [2.24, 2.45) is 0 Å². The topological polar surface area (TPSA) is 37.4 Å². The summed E-state index contributed by atoms with van der Waals surface area (Å²) in [5, 5.41) is 0.0516. The number of anilines is 1.